The van der Waals surface area contributed by atoms with Gasteiger partial charge in [0.2, 0.25) is 5.91 Å². The number of nitrogens with zero attached hydrogens (tertiary/aromatic N) is 2. The highest BCUT2D eigenvalue weighted by molar-refractivity contribution is 7.15. The van der Waals surface area contributed by atoms with Crippen LogP contribution in [0.4, 0.5) is 5.13 Å². The zero-order valence-corrected chi connectivity index (χ0v) is 12.1. The summed E-state index contributed by atoms with van der Waals surface area (Å²) in [6, 6.07) is 0. The Kier molecular flexibility index (Phi) is 3.81. The molecule has 104 valence electrons. The highest BCUT2D eigenvalue weighted by Gasteiger charge is 2.23. The molecule has 2 aliphatic heterocycles. The molecule has 3 heterocycles. The first-order valence-corrected chi connectivity index (χ1v) is 7.73. The topological polar surface area (TPSA) is 57.3 Å². The summed E-state index contributed by atoms with van der Waals surface area (Å²) in [4.78, 5) is 20.3. The van der Waals surface area contributed by atoms with Crippen LogP contribution >= 0.6 is 11.3 Å². The van der Waals surface area contributed by atoms with Crippen LogP contribution in [-0.2, 0) is 17.8 Å². The number of aromatic nitrogens is 1. The van der Waals surface area contributed by atoms with Crippen LogP contribution in [0.1, 0.15) is 23.4 Å². The first kappa shape index (κ1) is 13.0. The number of amides is 1. The fourth-order valence-electron chi connectivity index (χ4n) is 2.67. The fraction of sp³-hybridized carbons (Fsp3) is 0.692. The van der Waals surface area contributed by atoms with E-state index >= 15 is 0 Å². The van der Waals surface area contributed by atoms with Gasteiger partial charge in [-0.05, 0) is 33.0 Å². The van der Waals surface area contributed by atoms with Gasteiger partial charge >= 0.3 is 0 Å². The molecule has 6 heteroatoms. The minimum atomic E-state index is 0.140. The second-order valence-corrected chi connectivity index (χ2v) is 6.47. The van der Waals surface area contributed by atoms with Crippen molar-refractivity contribution in [3.05, 3.63) is 10.6 Å². The van der Waals surface area contributed by atoms with Gasteiger partial charge in [-0.2, -0.15) is 0 Å². The summed E-state index contributed by atoms with van der Waals surface area (Å²) in [5.74, 6) is 0.283. The van der Waals surface area contributed by atoms with Gasteiger partial charge < -0.3 is 15.5 Å². The first-order chi connectivity index (χ1) is 9.22. The fourth-order valence-corrected chi connectivity index (χ4v) is 3.76. The lowest BCUT2D eigenvalue weighted by molar-refractivity contribution is -0.120. The van der Waals surface area contributed by atoms with E-state index in [4.69, 9.17) is 0 Å². The summed E-state index contributed by atoms with van der Waals surface area (Å²) in [6.07, 6.45) is 2.85. The SMILES string of the molecule is CN1CCc2nc(NC(=O)C3CCNCC3)sc2C1. The molecule has 1 fully saturated rings. The molecule has 0 bridgehead atoms. The molecule has 1 aromatic heterocycles. The second-order valence-electron chi connectivity index (χ2n) is 5.39. The molecule has 3 rings (SSSR count). The minimum Gasteiger partial charge on any atom is -0.317 e. The van der Waals surface area contributed by atoms with Gasteiger partial charge in [0.05, 0.1) is 5.69 Å². The zero-order valence-electron chi connectivity index (χ0n) is 11.2. The van der Waals surface area contributed by atoms with E-state index in [9.17, 15) is 4.79 Å². The quantitative estimate of drug-likeness (QED) is 0.851. The number of rotatable bonds is 2. The summed E-state index contributed by atoms with van der Waals surface area (Å²) in [5, 5.41) is 7.07. The molecule has 2 N–H and O–H groups in total. The molecule has 1 saturated heterocycles. The molecule has 2 aliphatic rings. The standard InChI is InChI=1S/C13H20N4OS/c1-17-7-4-10-11(8-17)19-13(15-10)16-12(18)9-2-5-14-6-3-9/h9,14H,2-8H2,1H3,(H,15,16,18). The number of fused-ring (bicyclic) bond motifs is 1. The number of hydrogen-bond acceptors (Lipinski definition) is 5. The second kappa shape index (κ2) is 5.56. The van der Waals surface area contributed by atoms with Crippen molar-refractivity contribution in [1.29, 1.82) is 0 Å². The van der Waals surface area contributed by atoms with Crippen molar-refractivity contribution < 1.29 is 4.79 Å². The number of anilines is 1. The molecule has 19 heavy (non-hydrogen) atoms. The Morgan fingerprint density at radius 3 is 3.05 bits per heavy atom. The van der Waals surface area contributed by atoms with E-state index in [2.05, 4.69) is 27.6 Å². The van der Waals surface area contributed by atoms with E-state index in [1.807, 2.05) is 0 Å². The Bertz CT molecular complexity index is 467. The lowest BCUT2D eigenvalue weighted by Crippen LogP contribution is -2.34. The van der Waals surface area contributed by atoms with Crippen LogP contribution in [-0.4, -0.2) is 42.5 Å². The molecule has 1 aromatic rings. The van der Waals surface area contributed by atoms with Crippen LogP contribution in [0.3, 0.4) is 0 Å². The van der Waals surface area contributed by atoms with Crippen LogP contribution in [0.2, 0.25) is 0 Å². The van der Waals surface area contributed by atoms with Crippen molar-refractivity contribution in [1.82, 2.24) is 15.2 Å². The molecule has 5 nitrogen and oxygen atoms in total. The van der Waals surface area contributed by atoms with Crippen LogP contribution in [0.5, 0.6) is 0 Å². The Morgan fingerprint density at radius 2 is 2.26 bits per heavy atom. The summed E-state index contributed by atoms with van der Waals surface area (Å²) in [7, 11) is 2.12. The van der Waals surface area contributed by atoms with Crippen molar-refractivity contribution >= 4 is 22.4 Å². The molecule has 0 spiro atoms. The zero-order chi connectivity index (χ0) is 13.2. The number of carbonyl (C=O) groups excluding carboxylic acids is 1. The van der Waals surface area contributed by atoms with Crippen LogP contribution < -0.4 is 10.6 Å². The maximum Gasteiger partial charge on any atom is 0.229 e. The Balaban J connectivity index is 1.65. The average molecular weight is 280 g/mol. The number of nitrogens with one attached hydrogen (secondary N) is 2. The van der Waals surface area contributed by atoms with Gasteiger partial charge in [0.25, 0.3) is 0 Å². The largest absolute Gasteiger partial charge is 0.317 e. The van der Waals surface area contributed by atoms with Gasteiger partial charge in [-0.25, -0.2) is 4.98 Å². The van der Waals surface area contributed by atoms with Crippen LogP contribution in [0, 0.1) is 5.92 Å². The highest BCUT2D eigenvalue weighted by Crippen LogP contribution is 2.28. The van der Waals surface area contributed by atoms with Crippen molar-refractivity contribution in [3.63, 3.8) is 0 Å². The first-order valence-electron chi connectivity index (χ1n) is 6.91. The number of carbonyl (C=O) groups is 1. The Morgan fingerprint density at radius 1 is 1.47 bits per heavy atom. The van der Waals surface area contributed by atoms with Gasteiger partial charge in [0.15, 0.2) is 5.13 Å². The Labute approximate surface area is 117 Å². The van der Waals surface area contributed by atoms with Crippen molar-refractivity contribution in [2.75, 3.05) is 32.0 Å². The third-order valence-corrected chi connectivity index (χ3v) is 4.86. The van der Waals surface area contributed by atoms with E-state index in [1.54, 1.807) is 11.3 Å². The molecule has 0 radical (unpaired) electrons. The summed E-state index contributed by atoms with van der Waals surface area (Å²) in [6.45, 7) is 3.89. The molecule has 1 amide bonds. The number of piperidine rings is 1. The van der Waals surface area contributed by atoms with Gasteiger partial charge in [0.1, 0.15) is 0 Å². The predicted octanol–water partition coefficient (Wildman–Crippen LogP) is 1.07. The lowest BCUT2D eigenvalue weighted by Gasteiger charge is -2.20. The van der Waals surface area contributed by atoms with E-state index < -0.39 is 0 Å². The maximum atomic E-state index is 12.2. The monoisotopic (exact) mass is 280 g/mol. The van der Waals surface area contributed by atoms with Crippen molar-refractivity contribution in [2.24, 2.45) is 5.92 Å². The van der Waals surface area contributed by atoms with Crippen molar-refractivity contribution in [2.45, 2.75) is 25.8 Å². The number of thiazole rings is 1. The van der Waals surface area contributed by atoms with Gasteiger partial charge in [0, 0.05) is 30.3 Å². The molecule has 0 atom stereocenters. The lowest BCUT2D eigenvalue weighted by atomic mass is 9.97. The normalized spacial score (nSPS) is 21.1. The Hall–Kier alpha value is -0.980. The van der Waals surface area contributed by atoms with E-state index in [0.717, 1.165) is 50.6 Å². The number of hydrogen-bond donors (Lipinski definition) is 2. The van der Waals surface area contributed by atoms with Crippen LogP contribution in [0.15, 0.2) is 0 Å². The number of likely N-dealkylation sites (N-methyl/N-ethyl adjacent to an activating group) is 1. The van der Waals surface area contributed by atoms with Crippen molar-refractivity contribution in [3.8, 4) is 0 Å². The predicted molar refractivity (Wildman–Crippen MR) is 76.4 cm³/mol. The van der Waals surface area contributed by atoms with Gasteiger partial charge in [-0.15, -0.1) is 11.3 Å². The average Bonchev–Trinajstić information content (AvgIpc) is 2.81. The molecular weight excluding hydrogens is 260 g/mol. The van der Waals surface area contributed by atoms with E-state index in [1.165, 1.54) is 10.6 Å². The molecule has 0 aliphatic carbocycles. The van der Waals surface area contributed by atoms with E-state index in [-0.39, 0.29) is 11.8 Å². The third-order valence-electron chi connectivity index (χ3n) is 3.86. The summed E-state index contributed by atoms with van der Waals surface area (Å²) >= 11 is 1.63. The van der Waals surface area contributed by atoms with E-state index in [0.29, 0.717) is 0 Å². The van der Waals surface area contributed by atoms with Gasteiger partial charge in [-0.1, -0.05) is 0 Å². The minimum absolute atomic E-state index is 0.140. The highest BCUT2D eigenvalue weighted by atomic mass is 32.1. The third kappa shape index (κ3) is 2.96. The van der Waals surface area contributed by atoms with Crippen LogP contribution in [0.25, 0.3) is 0 Å². The molecule has 0 unspecified atom stereocenters. The maximum absolute atomic E-state index is 12.2. The molecular formula is C13H20N4OS. The van der Waals surface area contributed by atoms with Gasteiger partial charge in [-0.3, -0.25) is 4.79 Å². The smallest absolute Gasteiger partial charge is 0.229 e. The molecule has 0 aromatic carbocycles. The summed E-state index contributed by atoms with van der Waals surface area (Å²) < 4.78 is 0. The summed E-state index contributed by atoms with van der Waals surface area (Å²) in [5.41, 5.74) is 1.17. The molecule has 0 saturated carbocycles.